The maximum absolute atomic E-state index is 12.7. The zero-order valence-electron chi connectivity index (χ0n) is 13.0. The molecule has 0 aliphatic heterocycles. The molecule has 0 amide bonds. The van der Waals surface area contributed by atoms with Gasteiger partial charge >= 0.3 is 0 Å². The van der Waals surface area contributed by atoms with Gasteiger partial charge in [-0.3, -0.25) is 4.79 Å². The van der Waals surface area contributed by atoms with Crippen molar-refractivity contribution in [1.82, 2.24) is 24.5 Å². The van der Waals surface area contributed by atoms with E-state index < -0.39 is 0 Å². The van der Waals surface area contributed by atoms with E-state index in [4.69, 9.17) is 11.6 Å². The Morgan fingerprint density at radius 2 is 1.76 bits per heavy atom. The fourth-order valence-corrected chi connectivity index (χ4v) is 2.62. The van der Waals surface area contributed by atoms with E-state index in [1.807, 2.05) is 30.3 Å². The van der Waals surface area contributed by atoms with E-state index in [-0.39, 0.29) is 5.91 Å². The number of aromatic nitrogens is 5. The molecule has 4 aromatic rings. The highest BCUT2D eigenvalue weighted by molar-refractivity contribution is 6.30. The summed E-state index contributed by atoms with van der Waals surface area (Å²) < 4.78 is 2.89. The third-order valence-corrected chi connectivity index (χ3v) is 3.96. The van der Waals surface area contributed by atoms with Crippen LogP contribution in [0.5, 0.6) is 0 Å². The molecule has 0 saturated carbocycles. The zero-order chi connectivity index (χ0) is 17.2. The molecule has 0 aliphatic rings. The Morgan fingerprint density at radius 3 is 2.44 bits per heavy atom. The SMILES string of the molecule is O=C(c1ccccc1)n1cc(-n2cncn2)c(-c2ccc(Cl)cc2)n1. The molecule has 2 heterocycles. The lowest BCUT2D eigenvalue weighted by molar-refractivity contribution is 0.0945. The third-order valence-electron chi connectivity index (χ3n) is 3.71. The van der Waals surface area contributed by atoms with E-state index in [2.05, 4.69) is 15.2 Å². The number of nitrogens with zero attached hydrogens (tertiary/aromatic N) is 5. The van der Waals surface area contributed by atoms with Crippen LogP contribution in [0.1, 0.15) is 10.4 Å². The summed E-state index contributed by atoms with van der Waals surface area (Å²) in [5.41, 5.74) is 2.66. The summed E-state index contributed by atoms with van der Waals surface area (Å²) in [6, 6.07) is 16.2. The third kappa shape index (κ3) is 2.95. The first-order valence-electron chi connectivity index (χ1n) is 7.53. The predicted octanol–water partition coefficient (Wildman–Crippen LogP) is 3.47. The standard InChI is InChI=1S/C18H12ClN5O/c19-15-8-6-13(7-9-15)17-16(24-12-20-11-21-24)10-23(22-17)18(25)14-4-2-1-3-5-14/h1-12H. The smallest absolute Gasteiger partial charge is 0.267 e. The van der Waals surface area contributed by atoms with E-state index in [1.54, 1.807) is 41.5 Å². The Bertz CT molecular complexity index is 1010. The molecule has 0 N–H and O–H groups in total. The van der Waals surface area contributed by atoms with Crippen LogP contribution in [0.2, 0.25) is 5.02 Å². The Balaban J connectivity index is 1.84. The molecule has 0 atom stereocenters. The van der Waals surface area contributed by atoms with Gasteiger partial charge in [-0.05, 0) is 24.3 Å². The average molecular weight is 350 g/mol. The minimum atomic E-state index is -0.220. The van der Waals surface area contributed by atoms with Crippen molar-refractivity contribution in [1.29, 1.82) is 0 Å². The molecular weight excluding hydrogens is 338 g/mol. The second kappa shape index (κ2) is 6.33. The number of halogens is 1. The Hall–Kier alpha value is -3.25. The second-order valence-electron chi connectivity index (χ2n) is 5.33. The van der Waals surface area contributed by atoms with Gasteiger partial charge in [0, 0.05) is 16.1 Å². The van der Waals surface area contributed by atoms with Crippen LogP contribution in [0.4, 0.5) is 0 Å². The first-order chi connectivity index (χ1) is 12.2. The van der Waals surface area contributed by atoms with Crippen molar-refractivity contribution in [3.8, 4) is 16.9 Å². The number of hydrogen-bond acceptors (Lipinski definition) is 4. The van der Waals surface area contributed by atoms with Crippen molar-refractivity contribution in [2.45, 2.75) is 0 Å². The fraction of sp³-hybridized carbons (Fsp3) is 0. The van der Waals surface area contributed by atoms with Crippen molar-refractivity contribution >= 4 is 17.5 Å². The molecular formula is C18H12ClN5O. The summed E-state index contributed by atoms with van der Waals surface area (Å²) in [5, 5.41) is 9.26. The lowest BCUT2D eigenvalue weighted by atomic mass is 10.1. The summed E-state index contributed by atoms with van der Waals surface area (Å²) in [6.07, 6.45) is 4.64. The molecule has 2 aromatic heterocycles. The largest absolute Gasteiger partial charge is 0.278 e. The molecule has 4 rings (SSSR count). The second-order valence-corrected chi connectivity index (χ2v) is 5.76. The molecule has 0 aliphatic carbocycles. The summed E-state index contributed by atoms with van der Waals surface area (Å²) in [4.78, 5) is 16.7. The normalized spacial score (nSPS) is 10.8. The van der Waals surface area contributed by atoms with Crippen LogP contribution in [0.15, 0.2) is 73.4 Å². The highest BCUT2D eigenvalue weighted by atomic mass is 35.5. The summed E-state index contributed by atoms with van der Waals surface area (Å²) in [5.74, 6) is -0.220. The number of hydrogen-bond donors (Lipinski definition) is 0. The topological polar surface area (TPSA) is 65.6 Å². The van der Waals surface area contributed by atoms with Crippen LogP contribution in [-0.2, 0) is 0 Å². The monoisotopic (exact) mass is 349 g/mol. The van der Waals surface area contributed by atoms with E-state index in [0.29, 0.717) is 22.0 Å². The molecule has 2 aromatic carbocycles. The van der Waals surface area contributed by atoms with Gasteiger partial charge in [0.25, 0.3) is 5.91 Å². The quantitative estimate of drug-likeness (QED) is 0.568. The molecule has 0 spiro atoms. The first-order valence-corrected chi connectivity index (χ1v) is 7.90. The van der Waals surface area contributed by atoms with Crippen LogP contribution in [0, 0.1) is 0 Å². The summed E-state index contributed by atoms with van der Waals surface area (Å²) >= 11 is 5.97. The number of carbonyl (C=O) groups is 1. The molecule has 7 heteroatoms. The van der Waals surface area contributed by atoms with Gasteiger partial charge in [-0.2, -0.15) is 10.2 Å². The molecule has 122 valence electrons. The molecule has 6 nitrogen and oxygen atoms in total. The minimum absolute atomic E-state index is 0.220. The van der Waals surface area contributed by atoms with E-state index in [9.17, 15) is 4.79 Å². The Kier molecular flexibility index (Phi) is 3.87. The first kappa shape index (κ1) is 15.3. The van der Waals surface area contributed by atoms with Crippen molar-refractivity contribution in [3.05, 3.63) is 84.0 Å². The summed E-state index contributed by atoms with van der Waals surface area (Å²) in [7, 11) is 0. The van der Waals surface area contributed by atoms with E-state index in [0.717, 1.165) is 5.56 Å². The predicted molar refractivity (Wildman–Crippen MR) is 93.8 cm³/mol. The van der Waals surface area contributed by atoms with Gasteiger partial charge in [-0.25, -0.2) is 14.3 Å². The van der Waals surface area contributed by atoms with Gasteiger partial charge in [-0.1, -0.05) is 41.9 Å². The van der Waals surface area contributed by atoms with Crippen molar-refractivity contribution in [3.63, 3.8) is 0 Å². The highest BCUT2D eigenvalue weighted by Gasteiger charge is 2.18. The van der Waals surface area contributed by atoms with E-state index >= 15 is 0 Å². The Labute approximate surface area is 148 Å². The number of carbonyl (C=O) groups excluding carboxylic acids is 1. The van der Waals surface area contributed by atoms with Crippen LogP contribution >= 0.6 is 11.6 Å². The van der Waals surface area contributed by atoms with Gasteiger partial charge in [0.1, 0.15) is 24.0 Å². The maximum Gasteiger partial charge on any atom is 0.278 e. The Morgan fingerprint density at radius 1 is 1.00 bits per heavy atom. The summed E-state index contributed by atoms with van der Waals surface area (Å²) in [6.45, 7) is 0. The van der Waals surface area contributed by atoms with Gasteiger partial charge in [-0.15, -0.1) is 0 Å². The van der Waals surface area contributed by atoms with Crippen LogP contribution in [0.25, 0.3) is 16.9 Å². The lowest BCUT2D eigenvalue weighted by Gasteiger charge is -2.01. The van der Waals surface area contributed by atoms with Gasteiger partial charge < -0.3 is 0 Å². The van der Waals surface area contributed by atoms with Crippen LogP contribution in [-0.4, -0.2) is 30.5 Å². The van der Waals surface area contributed by atoms with Crippen molar-refractivity contribution < 1.29 is 4.79 Å². The average Bonchev–Trinajstić information content (AvgIpc) is 3.32. The molecule has 0 bridgehead atoms. The highest BCUT2D eigenvalue weighted by Crippen LogP contribution is 2.26. The lowest BCUT2D eigenvalue weighted by Crippen LogP contribution is -2.12. The van der Waals surface area contributed by atoms with Crippen LogP contribution in [0.3, 0.4) is 0 Å². The molecule has 0 saturated heterocycles. The fourth-order valence-electron chi connectivity index (χ4n) is 2.50. The zero-order valence-corrected chi connectivity index (χ0v) is 13.7. The van der Waals surface area contributed by atoms with Gasteiger partial charge in [0.15, 0.2) is 0 Å². The van der Waals surface area contributed by atoms with Crippen molar-refractivity contribution in [2.24, 2.45) is 0 Å². The minimum Gasteiger partial charge on any atom is -0.267 e. The van der Waals surface area contributed by atoms with Crippen molar-refractivity contribution in [2.75, 3.05) is 0 Å². The molecule has 0 fully saturated rings. The molecule has 25 heavy (non-hydrogen) atoms. The maximum atomic E-state index is 12.7. The molecule has 0 unspecified atom stereocenters. The van der Waals surface area contributed by atoms with Gasteiger partial charge in [0.05, 0.1) is 6.20 Å². The van der Waals surface area contributed by atoms with E-state index in [1.165, 1.54) is 11.0 Å². The van der Waals surface area contributed by atoms with Crippen LogP contribution < -0.4 is 0 Å². The number of rotatable bonds is 3. The van der Waals surface area contributed by atoms with Gasteiger partial charge in [0.2, 0.25) is 0 Å². The molecule has 0 radical (unpaired) electrons. The number of benzene rings is 2.